The molecule has 0 bridgehead atoms. The molecule has 1 aliphatic rings. The Labute approximate surface area is 175 Å². The van der Waals surface area contributed by atoms with Gasteiger partial charge in [0.1, 0.15) is 5.58 Å². The fourth-order valence-corrected chi connectivity index (χ4v) is 5.29. The van der Waals surface area contributed by atoms with E-state index in [2.05, 4.69) is 15.9 Å². The van der Waals surface area contributed by atoms with Crippen LogP contribution in [0.5, 0.6) is 0 Å². The smallest absolute Gasteiger partial charge is 0.289 e. The molecule has 28 heavy (non-hydrogen) atoms. The van der Waals surface area contributed by atoms with Gasteiger partial charge in [0.15, 0.2) is 5.76 Å². The summed E-state index contributed by atoms with van der Waals surface area (Å²) >= 11 is 9.31. The van der Waals surface area contributed by atoms with E-state index in [0.717, 1.165) is 9.86 Å². The third-order valence-electron chi connectivity index (χ3n) is 4.65. The summed E-state index contributed by atoms with van der Waals surface area (Å²) in [7, 11) is -3.64. The van der Waals surface area contributed by atoms with Crippen molar-refractivity contribution in [2.45, 2.75) is 4.90 Å². The molecule has 6 nitrogen and oxygen atoms in total. The van der Waals surface area contributed by atoms with E-state index in [9.17, 15) is 13.2 Å². The molecule has 9 heteroatoms. The van der Waals surface area contributed by atoms with E-state index in [1.165, 1.54) is 16.4 Å². The van der Waals surface area contributed by atoms with E-state index in [1.54, 1.807) is 29.2 Å². The van der Waals surface area contributed by atoms with E-state index in [-0.39, 0.29) is 29.7 Å². The highest BCUT2D eigenvalue weighted by Crippen LogP contribution is 2.25. The molecule has 0 spiro atoms. The van der Waals surface area contributed by atoms with Crippen LogP contribution in [-0.4, -0.2) is 49.7 Å². The van der Waals surface area contributed by atoms with Gasteiger partial charge >= 0.3 is 0 Å². The van der Waals surface area contributed by atoms with E-state index < -0.39 is 10.0 Å². The van der Waals surface area contributed by atoms with E-state index in [0.29, 0.717) is 23.7 Å². The molecule has 1 fully saturated rings. The van der Waals surface area contributed by atoms with Crippen molar-refractivity contribution in [3.8, 4) is 0 Å². The third-order valence-corrected chi connectivity index (χ3v) is 7.27. The van der Waals surface area contributed by atoms with Crippen LogP contribution in [0.3, 0.4) is 0 Å². The number of carbonyl (C=O) groups excluding carboxylic acids is 1. The molecule has 146 valence electrons. The molecule has 0 atom stereocenters. The number of sulfonamides is 1. The van der Waals surface area contributed by atoms with Gasteiger partial charge in [-0.25, -0.2) is 8.42 Å². The second-order valence-corrected chi connectivity index (χ2v) is 9.74. The Morgan fingerprint density at radius 2 is 1.79 bits per heavy atom. The van der Waals surface area contributed by atoms with Crippen LogP contribution in [0.15, 0.2) is 62.3 Å². The number of hydrogen-bond donors (Lipinski definition) is 0. The number of benzene rings is 2. The molecule has 4 rings (SSSR count). The summed E-state index contributed by atoms with van der Waals surface area (Å²) < 4.78 is 33.5. The molecule has 0 aliphatic carbocycles. The molecule has 0 N–H and O–H groups in total. The number of fused-ring (bicyclic) bond motifs is 1. The highest BCUT2D eigenvalue weighted by Gasteiger charge is 2.31. The summed E-state index contributed by atoms with van der Waals surface area (Å²) in [4.78, 5) is 14.5. The first-order valence-electron chi connectivity index (χ1n) is 8.59. The fraction of sp³-hybridized carbons (Fsp3) is 0.211. The number of piperazine rings is 1. The predicted octanol–water partition coefficient (Wildman–Crippen LogP) is 4.00. The molecule has 0 saturated carbocycles. The Kier molecular flexibility index (Phi) is 5.22. The maximum Gasteiger partial charge on any atom is 0.289 e. The summed E-state index contributed by atoms with van der Waals surface area (Å²) in [6, 6.07) is 13.4. The molecule has 1 amide bonds. The van der Waals surface area contributed by atoms with Crippen LogP contribution >= 0.6 is 27.5 Å². The first kappa shape index (κ1) is 19.4. The van der Waals surface area contributed by atoms with Gasteiger partial charge in [0.2, 0.25) is 10.0 Å². The van der Waals surface area contributed by atoms with Crippen molar-refractivity contribution in [1.29, 1.82) is 0 Å². The van der Waals surface area contributed by atoms with Gasteiger partial charge in [-0.05, 0) is 42.5 Å². The van der Waals surface area contributed by atoms with Gasteiger partial charge in [0.05, 0.1) is 4.90 Å². The topological polar surface area (TPSA) is 70.8 Å². The van der Waals surface area contributed by atoms with Crippen LogP contribution in [0.1, 0.15) is 10.6 Å². The van der Waals surface area contributed by atoms with Gasteiger partial charge in [0, 0.05) is 41.1 Å². The van der Waals surface area contributed by atoms with E-state index in [1.807, 2.05) is 12.1 Å². The van der Waals surface area contributed by atoms with Crippen molar-refractivity contribution in [2.24, 2.45) is 0 Å². The average Bonchev–Trinajstić information content (AvgIpc) is 3.10. The van der Waals surface area contributed by atoms with Crippen LogP contribution < -0.4 is 0 Å². The maximum absolute atomic E-state index is 12.8. The molecule has 3 aromatic rings. The predicted molar refractivity (Wildman–Crippen MR) is 110 cm³/mol. The average molecular weight is 484 g/mol. The van der Waals surface area contributed by atoms with Crippen LogP contribution in [0.2, 0.25) is 5.02 Å². The van der Waals surface area contributed by atoms with Crippen LogP contribution in [-0.2, 0) is 10.0 Å². The summed E-state index contributed by atoms with van der Waals surface area (Å²) in [5.74, 6) is 0.00590. The molecule has 0 radical (unpaired) electrons. The quantitative estimate of drug-likeness (QED) is 0.565. The first-order chi connectivity index (χ1) is 13.3. The van der Waals surface area contributed by atoms with Crippen LogP contribution in [0.25, 0.3) is 11.0 Å². The number of furan rings is 1. The largest absolute Gasteiger partial charge is 0.451 e. The summed E-state index contributed by atoms with van der Waals surface area (Å²) in [6.07, 6.45) is 0. The molecule has 1 saturated heterocycles. The first-order valence-corrected chi connectivity index (χ1v) is 11.2. The Bertz CT molecular complexity index is 1150. The van der Waals surface area contributed by atoms with Gasteiger partial charge in [-0.1, -0.05) is 33.6 Å². The zero-order chi connectivity index (χ0) is 19.9. The molecule has 2 aromatic carbocycles. The second-order valence-electron chi connectivity index (χ2n) is 6.45. The van der Waals surface area contributed by atoms with Crippen molar-refractivity contribution in [1.82, 2.24) is 9.21 Å². The molecular weight excluding hydrogens is 468 g/mol. The number of carbonyl (C=O) groups is 1. The Balaban J connectivity index is 1.48. The number of rotatable bonds is 3. The SMILES string of the molecule is O=C(c1cc2cc(Br)ccc2o1)N1CCN(S(=O)(=O)c2cccc(Cl)c2)CC1. The number of halogens is 2. The van der Waals surface area contributed by atoms with Gasteiger partial charge in [0.25, 0.3) is 5.91 Å². The zero-order valence-corrected chi connectivity index (χ0v) is 17.8. The number of amides is 1. The van der Waals surface area contributed by atoms with Crippen molar-refractivity contribution in [3.05, 3.63) is 63.8 Å². The molecular formula is C19H16BrClN2O4S. The monoisotopic (exact) mass is 482 g/mol. The Morgan fingerprint density at radius 1 is 1.04 bits per heavy atom. The molecule has 2 heterocycles. The molecule has 1 aromatic heterocycles. The van der Waals surface area contributed by atoms with Crippen molar-refractivity contribution in [3.63, 3.8) is 0 Å². The van der Waals surface area contributed by atoms with Gasteiger partial charge in [-0.3, -0.25) is 4.79 Å². The van der Waals surface area contributed by atoms with E-state index >= 15 is 0 Å². The number of nitrogens with zero attached hydrogens (tertiary/aromatic N) is 2. The summed E-state index contributed by atoms with van der Waals surface area (Å²) in [5, 5.41) is 1.20. The highest BCUT2D eigenvalue weighted by atomic mass is 79.9. The lowest BCUT2D eigenvalue weighted by Gasteiger charge is -2.33. The zero-order valence-electron chi connectivity index (χ0n) is 14.6. The van der Waals surface area contributed by atoms with Crippen molar-refractivity contribution < 1.29 is 17.6 Å². The van der Waals surface area contributed by atoms with Crippen LogP contribution in [0.4, 0.5) is 0 Å². The van der Waals surface area contributed by atoms with E-state index in [4.69, 9.17) is 16.0 Å². The lowest BCUT2D eigenvalue weighted by Crippen LogP contribution is -2.50. The van der Waals surface area contributed by atoms with Gasteiger partial charge < -0.3 is 9.32 Å². The molecule has 1 aliphatic heterocycles. The molecule has 0 unspecified atom stereocenters. The normalized spacial score (nSPS) is 15.9. The Hall–Kier alpha value is -1.87. The maximum atomic E-state index is 12.8. The highest BCUT2D eigenvalue weighted by molar-refractivity contribution is 9.10. The van der Waals surface area contributed by atoms with Crippen molar-refractivity contribution in [2.75, 3.05) is 26.2 Å². The summed E-state index contributed by atoms with van der Waals surface area (Å²) in [6.45, 7) is 1.01. The minimum Gasteiger partial charge on any atom is -0.451 e. The Morgan fingerprint density at radius 3 is 2.50 bits per heavy atom. The van der Waals surface area contributed by atoms with Crippen molar-refractivity contribution >= 4 is 54.4 Å². The minimum absolute atomic E-state index is 0.155. The lowest BCUT2D eigenvalue weighted by molar-refractivity contribution is 0.0668. The minimum atomic E-state index is -3.64. The summed E-state index contributed by atoms with van der Waals surface area (Å²) in [5.41, 5.74) is 0.633. The standard InChI is InChI=1S/C19H16BrClN2O4S/c20-14-4-5-17-13(10-14)11-18(27-17)19(24)22-6-8-23(9-7-22)28(25,26)16-3-1-2-15(21)12-16/h1-5,10-12H,6-9H2. The van der Waals surface area contributed by atoms with Gasteiger partial charge in [-0.2, -0.15) is 4.31 Å². The number of hydrogen-bond acceptors (Lipinski definition) is 4. The third kappa shape index (κ3) is 3.69. The second kappa shape index (κ2) is 7.51. The fourth-order valence-electron chi connectivity index (χ4n) is 3.18. The lowest BCUT2D eigenvalue weighted by atomic mass is 10.2. The van der Waals surface area contributed by atoms with Crippen LogP contribution in [0, 0.1) is 0 Å². The van der Waals surface area contributed by atoms with Gasteiger partial charge in [-0.15, -0.1) is 0 Å².